The number of carboxylic acid groups (broad SMARTS) is 1. The van der Waals surface area contributed by atoms with Gasteiger partial charge in [0, 0.05) is 0 Å². The Kier molecular flexibility index (Phi) is 4.56. The van der Waals surface area contributed by atoms with Crippen LogP contribution in [0.15, 0.2) is 24.3 Å². The van der Waals surface area contributed by atoms with Crippen LogP contribution in [0.3, 0.4) is 0 Å². The first-order chi connectivity index (χ1) is 7.15. The fourth-order valence-electron chi connectivity index (χ4n) is 1.14. The number of rotatable bonds is 2. The highest BCUT2D eigenvalue weighted by atomic mass is 35.5. The lowest BCUT2D eigenvalue weighted by atomic mass is 9.92. The minimum Gasteiger partial charge on any atom is -0.480 e. The smallest absolute Gasteiger partial charge is 0.416 e. The number of hydrogen-bond donors (Lipinski definition) is 2. The van der Waals surface area contributed by atoms with Gasteiger partial charge in [-0.1, -0.05) is 12.1 Å². The summed E-state index contributed by atoms with van der Waals surface area (Å²) < 4.78 is 37.1. The van der Waals surface area contributed by atoms with Gasteiger partial charge >= 0.3 is 12.1 Å². The Morgan fingerprint density at radius 3 is 2.18 bits per heavy atom. The number of carbonyl (C=O) groups is 1. The van der Waals surface area contributed by atoms with Gasteiger partial charge in [0.2, 0.25) is 0 Å². The molecular formula is C10H11ClF3NO2. The van der Waals surface area contributed by atoms with Crippen molar-refractivity contribution in [2.24, 2.45) is 5.73 Å². The molecule has 1 rings (SSSR count). The van der Waals surface area contributed by atoms with Gasteiger partial charge in [0.15, 0.2) is 0 Å². The lowest BCUT2D eigenvalue weighted by molar-refractivity contribution is -0.143. The van der Waals surface area contributed by atoms with Crippen molar-refractivity contribution in [1.29, 1.82) is 0 Å². The van der Waals surface area contributed by atoms with Gasteiger partial charge in [-0.3, -0.25) is 0 Å². The quantitative estimate of drug-likeness (QED) is 0.866. The highest BCUT2D eigenvalue weighted by Gasteiger charge is 2.35. The second-order valence-electron chi connectivity index (χ2n) is 3.59. The van der Waals surface area contributed by atoms with Gasteiger partial charge in [0.25, 0.3) is 0 Å². The third-order valence-electron chi connectivity index (χ3n) is 2.23. The molecule has 1 aromatic carbocycles. The summed E-state index contributed by atoms with van der Waals surface area (Å²) in [5, 5.41) is 8.78. The second-order valence-corrected chi connectivity index (χ2v) is 3.59. The van der Waals surface area contributed by atoms with Crippen molar-refractivity contribution in [1.82, 2.24) is 0 Å². The number of aliphatic carboxylic acids is 1. The van der Waals surface area contributed by atoms with Crippen LogP contribution in [-0.4, -0.2) is 11.1 Å². The molecule has 0 aliphatic heterocycles. The SMILES string of the molecule is CC(N)(C(=O)O)c1cccc(C(F)(F)F)c1.Cl. The molecule has 1 unspecified atom stereocenters. The molecule has 3 N–H and O–H groups in total. The van der Waals surface area contributed by atoms with Crippen LogP contribution in [-0.2, 0) is 16.5 Å². The monoisotopic (exact) mass is 269 g/mol. The third kappa shape index (κ3) is 3.34. The first-order valence-corrected chi connectivity index (χ1v) is 4.35. The predicted octanol–water partition coefficient (Wildman–Crippen LogP) is 2.39. The summed E-state index contributed by atoms with van der Waals surface area (Å²) in [6.07, 6.45) is -4.51. The van der Waals surface area contributed by atoms with Crippen molar-refractivity contribution >= 4 is 18.4 Å². The zero-order valence-corrected chi connectivity index (χ0v) is 9.60. The number of nitrogens with two attached hydrogens (primary N) is 1. The Hall–Kier alpha value is -1.27. The first kappa shape index (κ1) is 15.7. The van der Waals surface area contributed by atoms with Crippen LogP contribution in [0.1, 0.15) is 18.1 Å². The van der Waals surface area contributed by atoms with E-state index in [0.29, 0.717) is 0 Å². The number of hydrogen-bond acceptors (Lipinski definition) is 2. The normalized spacial score (nSPS) is 14.6. The van der Waals surface area contributed by atoms with Crippen molar-refractivity contribution in [3.63, 3.8) is 0 Å². The Bertz CT molecular complexity index is 418. The van der Waals surface area contributed by atoms with Gasteiger partial charge in [-0.25, -0.2) is 4.79 Å². The molecule has 0 saturated heterocycles. The van der Waals surface area contributed by atoms with Gasteiger partial charge < -0.3 is 10.8 Å². The summed E-state index contributed by atoms with van der Waals surface area (Å²) >= 11 is 0. The molecule has 96 valence electrons. The van der Waals surface area contributed by atoms with Crippen LogP contribution in [0.25, 0.3) is 0 Å². The van der Waals surface area contributed by atoms with E-state index in [0.717, 1.165) is 25.1 Å². The summed E-state index contributed by atoms with van der Waals surface area (Å²) in [6.45, 7) is 1.14. The van der Waals surface area contributed by atoms with Crippen LogP contribution in [0, 0.1) is 0 Å². The van der Waals surface area contributed by atoms with Gasteiger partial charge in [0.05, 0.1) is 5.56 Å². The van der Waals surface area contributed by atoms with E-state index in [2.05, 4.69) is 0 Å². The number of halogens is 4. The van der Waals surface area contributed by atoms with Crippen LogP contribution in [0.5, 0.6) is 0 Å². The minimum atomic E-state index is -4.51. The summed E-state index contributed by atoms with van der Waals surface area (Å²) in [5.74, 6) is -1.38. The Labute approximate surface area is 102 Å². The fraction of sp³-hybridized carbons (Fsp3) is 0.300. The highest BCUT2D eigenvalue weighted by Crippen LogP contribution is 2.31. The average Bonchev–Trinajstić information content (AvgIpc) is 2.16. The van der Waals surface area contributed by atoms with Gasteiger partial charge in [-0.2, -0.15) is 13.2 Å². The molecule has 0 bridgehead atoms. The summed E-state index contributed by atoms with van der Waals surface area (Å²) in [5.41, 5.74) is 2.59. The molecule has 0 spiro atoms. The summed E-state index contributed by atoms with van der Waals surface area (Å²) in [6, 6.07) is 3.99. The molecule has 17 heavy (non-hydrogen) atoms. The maximum absolute atomic E-state index is 12.4. The van der Waals surface area contributed by atoms with Crippen molar-refractivity contribution in [3.8, 4) is 0 Å². The molecule has 0 aromatic heterocycles. The van der Waals surface area contributed by atoms with E-state index in [-0.39, 0.29) is 18.0 Å². The largest absolute Gasteiger partial charge is 0.480 e. The van der Waals surface area contributed by atoms with E-state index in [9.17, 15) is 18.0 Å². The molecule has 7 heteroatoms. The Morgan fingerprint density at radius 2 is 1.76 bits per heavy atom. The zero-order valence-electron chi connectivity index (χ0n) is 8.78. The van der Waals surface area contributed by atoms with Crippen molar-refractivity contribution < 1.29 is 23.1 Å². The van der Waals surface area contributed by atoms with Gasteiger partial charge in [0.1, 0.15) is 5.54 Å². The zero-order chi connectivity index (χ0) is 12.6. The first-order valence-electron chi connectivity index (χ1n) is 4.35. The molecule has 1 atom stereocenters. The molecule has 0 amide bonds. The number of alkyl halides is 3. The van der Waals surface area contributed by atoms with Crippen molar-refractivity contribution in [2.45, 2.75) is 18.6 Å². The standard InChI is InChI=1S/C10H10F3NO2.ClH/c1-9(14,8(15)16)6-3-2-4-7(5-6)10(11,12)13;/h2-5H,14H2,1H3,(H,15,16);1H. The maximum Gasteiger partial charge on any atom is 0.416 e. The van der Waals surface area contributed by atoms with Gasteiger partial charge in [-0.05, 0) is 24.6 Å². The van der Waals surface area contributed by atoms with E-state index in [1.165, 1.54) is 6.07 Å². The molecule has 3 nitrogen and oxygen atoms in total. The lowest BCUT2D eigenvalue weighted by Crippen LogP contribution is -2.41. The molecule has 0 aliphatic carbocycles. The molecule has 0 saturated carbocycles. The van der Waals surface area contributed by atoms with E-state index in [1.54, 1.807) is 0 Å². The molecule has 0 radical (unpaired) electrons. The summed E-state index contributed by atoms with van der Waals surface area (Å²) in [4.78, 5) is 10.8. The van der Waals surface area contributed by atoms with E-state index < -0.39 is 23.2 Å². The average molecular weight is 270 g/mol. The third-order valence-corrected chi connectivity index (χ3v) is 2.23. The van der Waals surface area contributed by atoms with E-state index >= 15 is 0 Å². The predicted molar refractivity (Wildman–Crippen MR) is 57.9 cm³/mol. The summed E-state index contributed by atoms with van der Waals surface area (Å²) in [7, 11) is 0. The Balaban J connectivity index is 0.00000256. The molecule has 0 aliphatic rings. The van der Waals surface area contributed by atoms with E-state index in [1.807, 2.05) is 0 Å². The van der Waals surface area contributed by atoms with Crippen molar-refractivity contribution in [2.75, 3.05) is 0 Å². The highest BCUT2D eigenvalue weighted by molar-refractivity contribution is 5.85. The van der Waals surface area contributed by atoms with Crippen LogP contribution < -0.4 is 5.73 Å². The molecule has 0 heterocycles. The minimum absolute atomic E-state index is 0. The van der Waals surface area contributed by atoms with Crippen LogP contribution >= 0.6 is 12.4 Å². The number of carboxylic acids is 1. The van der Waals surface area contributed by atoms with Crippen LogP contribution in [0.2, 0.25) is 0 Å². The molecular weight excluding hydrogens is 259 g/mol. The van der Waals surface area contributed by atoms with Crippen molar-refractivity contribution in [3.05, 3.63) is 35.4 Å². The molecule has 1 aromatic rings. The number of benzene rings is 1. The Morgan fingerprint density at radius 1 is 1.29 bits per heavy atom. The fourth-order valence-corrected chi connectivity index (χ4v) is 1.14. The second kappa shape index (κ2) is 4.93. The van der Waals surface area contributed by atoms with Crippen LogP contribution in [0.4, 0.5) is 13.2 Å². The molecule has 0 fully saturated rings. The van der Waals surface area contributed by atoms with Gasteiger partial charge in [-0.15, -0.1) is 12.4 Å². The maximum atomic E-state index is 12.4. The van der Waals surface area contributed by atoms with E-state index in [4.69, 9.17) is 10.8 Å². The topological polar surface area (TPSA) is 63.3 Å². The lowest BCUT2D eigenvalue weighted by Gasteiger charge is -2.20.